The van der Waals surface area contributed by atoms with E-state index in [0.717, 1.165) is 22.6 Å². The second-order valence-electron chi connectivity index (χ2n) is 7.37. The Morgan fingerprint density at radius 1 is 1.21 bits per heavy atom. The molecule has 2 aromatic rings. The maximum Gasteiger partial charge on any atom is 0.325 e. The standard InChI is InChI=1S/C21H23N3O4S/c1-28-16-8-6-15(7-9-16)23(13-17-5-4-12-29-17)18(25)14-24-19(26)21(22-20(24)27)10-2-3-11-21/h4-9,12H,2-3,10-11,13-14H2,1H3,(H,22,27). The van der Waals surface area contributed by atoms with Gasteiger partial charge < -0.3 is 15.0 Å². The van der Waals surface area contributed by atoms with Gasteiger partial charge in [-0.15, -0.1) is 11.3 Å². The lowest BCUT2D eigenvalue weighted by Crippen LogP contribution is -2.46. The van der Waals surface area contributed by atoms with Crippen LogP contribution in [0.1, 0.15) is 30.6 Å². The van der Waals surface area contributed by atoms with Crippen LogP contribution in [0.15, 0.2) is 41.8 Å². The van der Waals surface area contributed by atoms with E-state index in [1.54, 1.807) is 47.6 Å². The molecule has 2 heterocycles. The van der Waals surface area contributed by atoms with Gasteiger partial charge in [0.15, 0.2) is 0 Å². The van der Waals surface area contributed by atoms with Crippen LogP contribution in [0.2, 0.25) is 0 Å². The fourth-order valence-corrected chi connectivity index (χ4v) is 4.69. The Labute approximate surface area is 173 Å². The molecule has 1 N–H and O–H groups in total. The van der Waals surface area contributed by atoms with Gasteiger partial charge >= 0.3 is 6.03 Å². The number of amides is 4. The summed E-state index contributed by atoms with van der Waals surface area (Å²) in [7, 11) is 1.58. The van der Waals surface area contributed by atoms with Crippen LogP contribution in [0.25, 0.3) is 0 Å². The average molecular weight is 413 g/mol. The molecule has 1 saturated heterocycles. The molecule has 0 radical (unpaired) electrons. The molecule has 29 heavy (non-hydrogen) atoms. The van der Waals surface area contributed by atoms with Crippen molar-refractivity contribution in [1.29, 1.82) is 0 Å². The largest absolute Gasteiger partial charge is 0.497 e. The molecule has 4 amide bonds. The van der Waals surface area contributed by atoms with Crippen LogP contribution in [0.3, 0.4) is 0 Å². The highest BCUT2D eigenvalue weighted by Crippen LogP contribution is 2.35. The first-order valence-corrected chi connectivity index (χ1v) is 10.5. The first-order valence-electron chi connectivity index (χ1n) is 9.63. The molecule has 1 aliphatic carbocycles. The highest BCUT2D eigenvalue weighted by Gasteiger charge is 2.52. The predicted molar refractivity (Wildman–Crippen MR) is 110 cm³/mol. The third kappa shape index (κ3) is 3.72. The molecular formula is C21H23N3O4S. The molecule has 1 aliphatic heterocycles. The molecule has 1 aromatic carbocycles. The fourth-order valence-electron chi connectivity index (χ4n) is 4.00. The summed E-state index contributed by atoms with van der Waals surface area (Å²) in [5.41, 5.74) is -0.123. The van der Waals surface area contributed by atoms with Crippen molar-refractivity contribution in [2.24, 2.45) is 0 Å². The van der Waals surface area contributed by atoms with E-state index in [4.69, 9.17) is 4.74 Å². The third-order valence-electron chi connectivity index (χ3n) is 5.58. The Bertz CT molecular complexity index is 905. The van der Waals surface area contributed by atoms with Crippen molar-refractivity contribution in [2.45, 2.75) is 37.8 Å². The Morgan fingerprint density at radius 2 is 1.93 bits per heavy atom. The smallest absolute Gasteiger partial charge is 0.325 e. The lowest BCUT2D eigenvalue weighted by molar-refractivity contribution is -0.134. The summed E-state index contributed by atoms with van der Waals surface area (Å²) >= 11 is 1.55. The van der Waals surface area contributed by atoms with Gasteiger partial charge in [-0.05, 0) is 48.6 Å². The molecule has 2 aliphatic rings. The molecule has 7 nitrogen and oxygen atoms in total. The molecular weight excluding hydrogens is 390 g/mol. The van der Waals surface area contributed by atoms with E-state index in [1.165, 1.54) is 0 Å². The highest BCUT2D eigenvalue weighted by molar-refractivity contribution is 7.09. The van der Waals surface area contributed by atoms with Crippen molar-refractivity contribution in [3.8, 4) is 5.75 Å². The Hall–Kier alpha value is -2.87. The SMILES string of the molecule is COc1ccc(N(Cc2cccs2)C(=O)CN2C(=O)NC3(CCCC3)C2=O)cc1. The van der Waals surface area contributed by atoms with E-state index in [0.29, 0.717) is 30.8 Å². The monoisotopic (exact) mass is 413 g/mol. The van der Waals surface area contributed by atoms with Crippen molar-refractivity contribution in [2.75, 3.05) is 18.6 Å². The van der Waals surface area contributed by atoms with Crippen molar-refractivity contribution < 1.29 is 19.1 Å². The molecule has 1 spiro atoms. The zero-order valence-corrected chi connectivity index (χ0v) is 17.0. The van der Waals surface area contributed by atoms with Gasteiger partial charge in [0.1, 0.15) is 17.8 Å². The number of carbonyl (C=O) groups excluding carboxylic acids is 3. The lowest BCUT2D eigenvalue weighted by atomic mass is 9.98. The van der Waals surface area contributed by atoms with Gasteiger partial charge in [-0.25, -0.2) is 4.79 Å². The average Bonchev–Trinajstić information content (AvgIpc) is 3.46. The topological polar surface area (TPSA) is 79.0 Å². The second-order valence-corrected chi connectivity index (χ2v) is 8.40. The molecule has 0 atom stereocenters. The fraction of sp³-hybridized carbons (Fsp3) is 0.381. The first kappa shape index (κ1) is 19.4. The van der Waals surface area contributed by atoms with Crippen LogP contribution in [0.5, 0.6) is 5.75 Å². The molecule has 1 saturated carbocycles. The predicted octanol–water partition coefficient (Wildman–Crippen LogP) is 3.15. The van der Waals surface area contributed by atoms with Crippen LogP contribution in [-0.4, -0.2) is 41.9 Å². The number of benzene rings is 1. The highest BCUT2D eigenvalue weighted by atomic mass is 32.1. The van der Waals surface area contributed by atoms with E-state index in [-0.39, 0.29) is 18.4 Å². The number of carbonyl (C=O) groups is 3. The van der Waals surface area contributed by atoms with E-state index >= 15 is 0 Å². The normalized spacial score (nSPS) is 17.6. The van der Waals surface area contributed by atoms with Crippen LogP contribution in [0.4, 0.5) is 10.5 Å². The summed E-state index contributed by atoms with van der Waals surface area (Å²) in [5, 5.41) is 4.78. The number of thiophene rings is 1. The van der Waals surface area contributed by atoms with Gasteiger partial charge in [-0.2, -0.15) is 0 Å². The quantitative estimate of drug-likeness (QED) is 0.738. The summed E-state index contributed by atoms with van der Waals surface area (Å²) in [6.45, 7) is 0.0987. The van der Waals surface area contributed by atoms with Gasteiger partial charge in [0.25, 0.3) is 5.91 Å². The second kappa shape index (κ2) is 7.87. The van der Waals surface area contributed by atoms with Crippen molar-refractivity contribution in [3.63, 3.8) is 0 Å². The van der Waals surface area contributed by atoms with E-state index in [1.807, 2.05) is 17.5 Å². The summed E-state index contributed by atoms with van der Waals surface area (Å²) in [6.07, 6.45) is 3.09. The van der Waals surface area contributed by atoms with E-state index in [2.05, 4.69) is 5.32 Å². The number of nitrogens with one attached hydrogen (secondary N) is 1. The number of hydrogen-bond donors (Lipinski definition) is 1. The van der Waals surface area contributed by atoms with Crippen LogP contribution in [0, 0.1) is 0 Å². The van der Waals surface area contributed by atoms with Crippen molar-refractivity contribution in [1.82, 2.24) is 10.2 Å². The summed E-state index contributed by atoms with van der Waals surface area (Å²) < 4.78 is 5.20. The minimum atomic E-state index is -0.809. The maximum atomic E-state index is 13.2. The number of anilines is 1. The number of nitrogens with zero attached hydrogens (tertiary/aromatic N) is 2. The van der Waals surface area contributed by atoms with Crippen molar-refractivity contribution in [3.05, 3.63) is 46.7 Å². The molecule has 1 aromatic heterocycles. The number of rotatable bonds is 6. The van der Waals surface area contributed by atoms with Crippen LogP contribution >= 0.6 is 11.3 Å². The number of methoxy groups -OCH3 is 1. The van der Waals surface area contributed by atoms with Crippen LogP contribution < -0.4 is 15.0 Å². The Kier molecular flexibility index (Phi) is 5.27. The minimum Gasteiger partial charge on any atom is -0.497 e. The minimum absolute atomic E-state index is 0.274. The Balaban J connectivity index is 1.56. The number of imide groups is 1. The van der Waals surface area contributed by atoms with Gasteiger partial charge in [-0.1, -0.05) is 18.9 Å². The van der Waals surface area contributed by atoms with Gasteiger partial charge in [0.05, 0.1) is 13.7 Å². The molecule has 2 fully saturated rings. The molecule has 152 valence electrons. The molecule has 0 unspecified atom stereocenters. The van der Waals surface area contributed by atoms with Gasteiger partial charge in [0, 0.05) is 10.6 Å². The summed E-state index contributed by atoms with van der Waals surface area (Å²) in [5.74, 6) is 0.107. The summed E-state index contributed by atoms with van der Waals surface area (Å²) in [4.78, 5) is 42.2. The lowest BCUT2D eigenvalue weighted by Gasteiger charge is -2.25. The number of urea groups is 1. The molecule has 8 heteroatoms. The first-order chi connectivity index (χ1) is 14.0. The van der Waals surface area contributed by atoms with E-state index in [9.17, 15) is 14.4 Å². The molecule has 4 rings (SSSR count). The van der Waals surface area contributed by atoms with Gasteiger partial charge in [0.2, 0.25) is 5.91 Å². The zero-order chi connectivity index (χ0) is 20.4. The number of ether oxygens (including phenoxy) is 1. The Morgan fingerprint density at radius 3 is 2.55 bits per heavy atom. The third-order valence-corrected chi connectivity index (χ3v) is 6.44. The van der Waals surface area contributed by atoms with Crippen molar-refractivity contribution >= 4 is 34.9 Å². The zero-order valence-electron chi connectivity index (χ0n) is 16.2. The van der Waals surface area contributed by atoms with E-state index < -0.39 is 11.6 Å². The number of hydrogen-bond acceptors (Lipinski definition) is 5. The van der Waals surface area contributed by atoms with Gasteiger partial charge in [-0.3, -0.25) is 14.5 Å². The maximum absolute atomic E-state index is 13.2. The van der Waals surface area contributed by atoms with Crippen LogP contribution in [-0.2, 0) is 16.1 Å². The summed E-state index contributed by atoms with van der Waals surface area (Å²) in [6, 6.07) is 10.6. The molecule has 0 bridgehead atoms.